The number of fused-ring (bicyclic) bond motifs is 7. The van der Waals surface area contributed by atoms with Crippen LogP contribution in [0.3, 0.4) is 0 Å². The molecule has 0 saturated heterocycles. The summed E-state index contributed by atoms with van der Waals surface area (Å²) < 4.78 is 0. The molecule has 0 fully saturated rings. The maximum absolute atomic E-state index is 2.49. The maximum atomic E-state index is 2.49. The maximum Gasteiger partial charge on any atom is 0.0546 e. The molecule has 1 nitrogen and oxygen atoms in total. The summed E-state index contributed by atoms with van der Waals surface area (Å²) in [6.45, 7) is 4.77. The summed E-state index contributed by atoms with van der Waals surface area (Å²) in [5, 5.41) is 7.59. The van der Waals surface area contributed by atoms with Gasteiger partial charge in [0.1, 0.15) is 0 Å². The molecular weight excluding hydrogens is 699 g/mol. The summed E-state index contributed by atoms with van der Waals surface area (Å²) in [5.41, 5.74) is 15.8. The van der Waals surface area contributed by atoms with E-state index >= 15 is 0 Å². The van der Waals surface area contributed by atoms with Gasteiger partial charge in [-0.1, -0.05) is 178 Å². The molecule has 10 aromatic carbocycles. The van der Waals surface area contributed by atoms with Gasteiger partial charge in [-0.2, -0.15) is 0 Å². The first kappa shape index (κ1) is 34.1. The summed E-state index contributed by atoms with van der Waals surface area (Å²) in [7, 11) is 0. The van der Waals surface area contributed by atoms with Crippen LogP contribution < -0.4 is 4.90 Å². The van der Waals surface area contributed by atoms with Gasteiger partial charge in [0.15, 0.2) is 0 Å². The molecule has 11 rings (SSSR count). The standard InChI is InChI=1S/C57H41N/c1-57(2)53-36-42-21-10-9-20-41(42)34-52(53)49-33-32-45(37-54(49)57)58(44-30-28-39(29-31-44)38-16-5-3-6-17-38)55-27-15-26-50(56(55)40-18-7-4-8-19-40)51-35-43-22-11-12-23-46(43)47-24-13-14-25-48(47)51/h3-37H,1-2H3. The molecule has 0 radical (unpaired) electrons. The Morgan fingerprint density at radius 1 is 0.328 bits per heavy atom. The fourth-order valence-corrected chi connectivity index (χ4v) is 9.55. The zero-order valence-electron chi connectivity index (χ0n) is 32.7. The quantitative estimate of drug-likeness (QED) is 0.154. The van der Waals surface area contributed by atoms with Gasteiger partial charge in [-0.05, 0) is 131 Å². The number of anilines is 3. The molecule has 58 heavy (non-hydrogen) atoms. The second-order valence-electron chi connectivity index (χ2n) is 16.1. The molecule has 0 N–H and O–H groups in total. The molecule has 0 aromatic heterocycles. The molecule has 1 heteroatoms. The highest BCUT2D eigenvalue weighted by atomic mass is 15.1. The third kappa shape index (κ3) is 5.46. The smallest absolute Gasteiger partial charge is 0.0546 e. The Balaban J connectivity index is 1.17. The van der Waals surface area contributed by atoms with Gasteiger partial charge in [-0.15, -0.1) is 0 Å². The van der Waals surface area contributed by atoms with E-state index in [-0.39, 0.29) is 5.41 Å². The van der Waals surface area contributed by atoms with Gasteiger partial charge < -0.3 is 4.90 Å². The van der Waals surface area contributed by atoms with Crippen molar-refractivity contribution in [3.8, 4) is 44.5 Å². The first-order chi connectivity index (χ1) is 28.5. The van der Waals surface area contributed by atoms with Crippen molar-refractivity contribution in [3.63, 3.8) is 0 Å². The summed E-state index contributed by atoms with van der Waals surface area (Å²) in [6.07, 6.45) is 0. The molecular formula is C57H41N. The minimum Gasteiger partial charge on any atom is -0.310 e. The lowest BCUT2D eigenvalue weighted by molar-refractivity contribution is 0.661. The molecule has 0 spiro atoms. The van der Waals surface area contributed by atoms with Crippen molar-refractivity contribution >= 4 is 49.4 Å². The van der Waals surface area contributed by atoms with E-state index in [2.05, 4.69) is 231 Å². The first-order valence-electron chi connectivity index (χ1n) is 20.3. The van der Waals surface area contributed by atoms with Crippen molar-refractivity contribution in [2.45, 2.75) is 19.3 Å². The van der Waals surface area contributed by atoms with E-state index in [1.807, 2.05) is 0 Å². The highest BCUT2D eigenvalue weighted by Gasteiger charge is 2.36. The zero-order valence-corrected chi connectivity index (χ0v) is 32.7. The fourth-order valence-electron chi connectivity index (χ4n) is 9.55. The van der Waals surface area contributed by atoms with E-state index in [4.69, 9.17) is 0 Å². The molecule has 0 atom stereocenters. The minimum absolute atomic E-state index is 0.179. The predicted octanol–water partition coefficient (Wildman–Crippen LogP) is 15.9. The second kappa shape index (κ2) is 13.5. The van der Waals surface area contributed by atoms with Crippen LogP contribution in [0, 0.1) is 0 Å². The molecule has 0 bridgehead atoms. The van der Waals surface area contributed by atoms with Crippen LogP contribution >= 0.6 is 0 Å². The molecule has 1 aliphatic carbocycles. The average molecular weight is 740 g/mol. The molecule has 1 aliphatic rings. The third-order valence-corrected chi connectivity index (χ3v) is 12.4. The third-order valence-electron chi connectivity index (χ3n) is 12.4. The monoisotopic (exact) mass is 739 g/mol. The van der Waals surface area contributed by atoms with E-state index in [1.54, 1.807) is 0 Å². The van der Waals surface area contributed by atoms with Gasteiger partial charge >= 0.3 is 0 Å². The normalized spacial score (nSPS) is 12.8. The number of benzene rings is 10. The Morgan fingerprint density at radius 3 is 1.62 bits per heavy atom. The van der Waals surface area contributed by atoms with E-state index < -0.39 is 0 Å². The fraction of sp³-hybridized carbons (Fsp3) is 0.0526. The topological polar surface area (TPSA) is 3.24 Å². The number of hydrogen-bond acceptors (Lipinski definition) is 1. The van der Waals surface area contributed by atoms with Crippen molar-refractivity contribution in [2.24, 2.45) is 0 Å². The van der Waals surface area contributed by atoms with Crippen molar-refractivity contribution in [1.29, 1.82) is 0 Å². The molecule has 0 unspecified atom stereocenters. The van der Waals surface area contributed by atoms with Crippen molar-refractivity contribution in [3.05, 3.63) is 223 Å². The molecule has 0 saturated carbocycles. The molecule has 0 heterocycles. The van der Waals surface area contributed by atoms with Gasteiger partial charge in [0.2, 0.25) is 0 Å². The second-order valence-corrected chi connectivity index (χ2v) is 16.1. The van der Waals surface area contributed by atoms with Crippen molar-refractivity contribution < 1.29 is 0 Å². The van der Waals surface area contributed by atoms with E-state index in [0.717, 1.165) is 17.1 Å². The lowest BCUT2D eigenvalue weighted by Gasteiger charge is -2.31. The zero-order chi connectivity index (χ0) is 38.8. The summed E-state index contributed by atoms with van der Waals surface area (Å²) in [6, 6.07) is 78.3. The van der Waals surface area contributed by atoms with Gasteiger partial charge in [0.25, 0.3) is 0 Å². The molecule has 0 amide bonds. The Kier molecular flexibility index (Phi) is 7.91. The first-order valence-corrected chi connectivity index (χ1v) is 20.3. The highest BCUT2D eigenvalue weighted by Crippen LogP contribution is 2.53. The Morgan fingerprint density at radius 2 is 0.879 bits per heavy atom. The van der Waals surface area contributed by atoms with Gasteiger partial charge in [-0.25, -0.2) is 0 Å². The van der Waals surface area contributed by atoms with Crippen LogP contribution in [0.2, 0.25) is 0 Å². The number of hydrogen-bond donors (Lipinski definition) is 0. The van der Waals surface area contributed by atoms with E-state index in [1.165, 1.54) is 88.0 Å². The van der Waals surface area contributed by atoms with E-state index in [0.29, 0.717) is 0 Å². The van der Waals surface area contributed by atoms with Crippen LogP contribution in [0.4, 0.5) is 17.1 Å². The van der Waals surface area contributed by atoms with Crippen LogP contribution in [0.5, 0.6) is 0 Å². The predicted molar refractivity (Wildman–Crippen MR) is 248 cm³/mol. The van der Waals surface area contributed by atoms with Crippen LogP contribution in [0.1, 0.15) is 25.0 Å². The minimum atomic E-state index is -0.179. The largest absolute Gasteiger partial charge is 0.310 e. The Bertz CT molecular complexity index is 3180. The van der Waals surface area contributed by atoms with Crippen LogP contribution in [-0.4, -0.2) is 0 Å². The highest BCUT2D eigenvalue weighted by molar-refractivity contribution is 6.15. The Labute approximate surface area is 340 Å². The lowest BCUT2D eigenvalue weighted by atomic mass is 9.81. The van der Waals surface area contributed by atoms with Crippen LogP contribution in [-0.2, 0) is 5.41 Å². The number of nitrogens with zero attached hydrogens (tertiary/aromatic N) is 1. The summed E-state index contributed by atoms with van der Waals surface area (Å²) in [5.74, 6) is 0. The van der Waals surface area contributed by atoms with Gasteiger partial charge in [0.05, 0.1) is 5.69 Å². The van der Waals surface area contributed by atoms with Gasteiger partial charge in [-0.3, -0.25) is 0 Å². The van der Waals surface area contributed by atoms with Crippen molar-refractivity contribution in [2.75, 3.05) is 4.90 Å². The molecule has 0 aliphatic heterocycles. The lowest BCUT2D eigenvalue weighted by Crippen LogP contribution is -2.17. The van der Waals surface area contributed by atoms with Crippen molar-refractivity contribution in [1.82, 2.24) is 0 Å². The SMILES string of the molecule is CC1(C)c2cc(N(c3ccc(-c4ccccc4)cc3)c3cccc(-c4cc5ccccc5c5ccccc45)c3-c3ccccc3)ccc2-c2cc3ccccc3cc21. The molecule has 10 aromatic rings. The van der Waals surface area contributed by atoms with Gasteiger partial charge in [0, 0.05) is 22.4 Å². The van der Waals surface area contributed by atoms with E-state index in [9.17, 15) is 0 Å². The van der Waals surface area contributed by atoms with Crippen LogP contribution in [0.15, 0.2) is 212 Å². The van der Waals surface area contributed by atoms with Crippen LogP contribution in [0.25, 0.3) is 76.8 Å². The summed E-state index contributed by atoms with van der Waals surface area (Å²) in [4.78, 5) is 2.49. The number of rotatable bonds is 6. The average Bonchev–Trinajstić information content (AvgIpc) is 3.50. The molecule has 274 valence electrons. The Hall–Kier alpha value is -7.22. The summed E-state index contributed by atoms with van der Waals surface area (Å²) >= 11 is 0.